The van der Waals surface area contributed by atoms with Crippen LogP contribution < -0.4 is 0 Å². The normalized spacial score (nSPS) is 19.8. The van der Waals surface area contributed by atoms with Crippen LogP contribution in [0, 0.1) is 0 Å². The lowest BCUT2D eigenvalue weighted by molar-refractivity contribution is -0.149. The fourth-order valence-electron chi connectivity index (χ4n) is 2.37. The predicted octanol–water partition coefficient (Wildman–Crippen LogP) is 2.52. The molecule has 3 nitrogen and oxygen atoms in total. The Kier molecular flexibility index (Phi) is 3.05. The fraction of sp³-hybridized carbons (Fsp3) is 0.636. The van der Waals surface area contributed by atoms with Gasteiger partial charge in [0.05, 0.1) is 12.8 Å². The molecule has 1 heterocycles. The Labute approximate surface area is 93.6 Å². The summed E-state index contributed by atoms with van der Waals surface area (Å²) >= 11 is 1.40. The van der Waals surface area contributed by atoms with Gasteiger partial charge in [0.2, 0.25) is 0 Å². The van der Waals surface area contributed by atoms with Crippen LogP contribution >= 0.6 is 11.5 Å². The molecule has 1 aromatic heterocycles. The van der Waals surface area contributed by atoms with E-state index in [1.807, 2.05) is 11.4 Å². The molecular weight excluding hydrogens is 210 g/mol. The van der Waals surface area contributed by atoms with E-state index >= 15 is 0 Å². The van der Waals surface area contributed by atoms with E-state index in [4.69, 9.17) is 4.74 Å². The number of methoxy groups -OCH3 is 1. The number of nitrogens with zero attached hydrogens (tertiary/aromatic N) is 1. The van der Waals surface area contributed by atoms with E-state index < -0.39 is 5.41 Å². The first-order valence-corrected chi connectivity index (χ1v) is 6.12. The maximum absolute atomic E-state index is 11.9. The van der Waals surface area contributed by atoms with Crippen molar-refractivity contribution in [3.63, 3.8) is 0 Å². The minimum atomic E-state index is -0.451. The van der Waals surface area contributed by atoms with Crippen molar-refractivity contribution in [1.82, 2.24) is 4.37 Å². The summed E-state index contributed by atoms with van der Waals surface area (Å²) in [6.07, 6.45) is 5.15. The van der Waals surface area contributed by atoms with E-state index in [1.54, 1.807) is 0 Å². The zero-order chi connectivity index (χ0) is 10.7. The summed E-state index contributed by atoms with van der Waals surface area (Å²) in [6, 6.07) is 1.95. The third-order valence-electron chi connectivity index (χ3n) is 3.21. The van der Waals surface area contributed by atoms with Crippen molar-refractivity contribution in [3.05, 3.63) is 17.1 Å². The van der Waals surface area contributed by atoms with Gasteiger partial charge in [-0.2, -0.15) is 4.37 Å². The lowest BCUT2D eigenvalue weighted by atomic mass is 9.72. The molecule has 1 aliphatic rings. The Balaban J connectivity index is 2.34. The molecule has 0 atom stereocenters. The van der Waals surface area contributed by atoms with Gasteiger partial charge in [-0.1, -0.05) is 19.3 Å². The van der Waals surface area contributed by atoms with Crippen LogP contribution in [0.4, 0.5) is 0 Å². The molecule has 82 valence electrons. The van der Waals surface area contributed by atoms with Gasteiger partial charge in [0.25, 0.3) is 0 Å². The van der Waals surface area contributed by atoms with Crippen LogP contribution in [0.25, 0.3) is 0 Å². The Hall–Kier alpha value is -0.900. The molecule has 2 rings (SSSR count). The van der Waals surface area contributed by atoms with Gasteiger partial charge in [0, 0.05) is 5.38 Å². The van der Waals surface area contributed by atoms with Crippen LogP contribution in [-0.2, 0) is 14.9 Å². The van der Waals surface area contributed by atoms with Crippen molar-refractivity contribution in [1.29, 1.82) is 0 Å². The first-order valence-electron chi connectivity index (χ1n) is 5.29. The van der Waals surface area contributed by atoms with E-state index in [0.29, 0.717) is 0 Å². The molecule has 0 amide bonds. The predicted molar refractivity (Wildman–Crippen MR) is 58.9 cm³/mol. The summed E-state index contributed by atoms with van der Waals surface area (Å²) in [7, 11) is 1.46. The summed E-state index contributed by atoms with van der Waals surface area (Å²) in [5.74, 6) is -0.117. The number of esters is 1. The van der Waals surface area contributed by atoms with Gasteiger partial charge in [-0.3, -0.25) is 4.79 Å². The summed E-state index contributed by atoms with van der Waals surface area (Å²) in [4.78, 5) is 11.9. The molecule has 0 unspecified atom stereocenters. The number of aromatic nitrogens is 1. The molecule has 0 aliphatic heterocycles. The maximum Gasteiger partial charge on any atom is 0.317 e. The number of carbonyl (C=O) groups is 1. The molecule has 0 radical (unpaired) electrons. The van der Waals surface area contributed by atoms with E-state index in [1.165, 1.54) is 25.1 Å². The topological polar surface area (TPSA) is 39.2 Å². The van der Waals surface area contributed by atoms with E-state index in [-0.39, 0.29) is 5.97 Å². The third kappa shape index (κ3) is 1.78. The Morgan fingerprint density at radius 3 is 2.73 bits per heavy atom. The minimum absolute atomic E-state index is 0.117. The lowest BCUT2D eigenvalue weighted by Crippen LogP contribution is -2.39. The molecule has 0 aromatic carbocycles. The molecule has 0 spiro atoms. The van der Waals surface area contributed by atoms with Crippen molar-refractivity contribution in [2.45, 2.75) is 37.5 Å². The van der Waals surface area contributed by atoms with E-state index in [2.05, 4.69) is 4.37 Å². The van der Waals surface area contributed by atoms with Gasteiger partial charge in [0.15, 0.2) is 0 Å². The zero-order valence-electron chi connectivity index (χ0n) is 8.86. The van der Waals surface area contributed by atoms with Crippen LogP contribution in [0.1, 0.15) is 37.8 Å². The van der Waals surface area contributed by atoms with Crippen LogP contribution in [0.2, 0.25) is 0 Å². The standard InChI is InChI=1S/C11H15NO2S/c1-14-10(13)11(6-3-2-4-7-11)9-5-8-15-12-9/h5,8H,2-4,6-7H2,1H3. The number of carbonyl (C=O) groups excluding carboxylic acids is 1. The molecule has 0 bridgehead atoms. The molecule has 4 heteroatoms. The molecule has 1 aliphatic carbocycles. The molecule has 1 fully saturated rings. The van der Waals surface area contributed by atoms with Crippen LogP contribution in [0.5, 0.6) is 0 Å². The SMILES string of the molecule is COC(=O)C1(c2ccsn2)CCCCC1. The van der Waals surface area contributed by atoms with Gasteiger partial charge in [-0.05, 0) is 30.4 Å². The summed E-state index contributed by atoms with van der Waals surface area (Å²) in [5, 5.41) is 1.93. The largest absolute Gasteiger partial charge is 0.468 e. The third-order valence-corrected chi connectivity index (χ3v) is 3.77. The van der Waals surface area contributed by atoms with Crippen molar-refractivity contribution in [2.75, 3.05) is 7.11 Å². The average molecular weight is 225 g/mol. The average Bonchev–Trinajstić information content (AvgIpc) is 2.83. The van der Waals surface area contributed by atoms with Gasteiger partial charge in [-0.25, -0.2) is 0 Å². The quantitative estimate of drug-likeness (QED) is 0.726. The fourth-order valence-corrected chi connectivity index (χ4v) is 2.97. The van der Waals surface area contributed by atoms with E-state index in [0.717, 1.165) is 31.4 Å². The van der Waals surface area contributed by atoms with Crippen LogP contribution in [0.3, 0.4) is 0 Å². The van der Waals surface area contributed by atoms with E-state index in [9.17, 15) is 4.79 Å². The van der Waals surface area contributed by atoms with Gasteiger partial charge >= 0.3 is 5.97 Å². The Morgan fingerprint density at radius 2 is 2.20 bits per heavy atom. The maximum atomic E-state index is 11.9. The molecule has 1 saturated carbocycles. The number of ether oxygens (including phenoxy) is 1. The van der Waals surface area contributed by atoms with Gasteiger partial charge in [0.1, 0.15) is 5.41 Å². The van der Waals surface area contributed by atoms with Gasteiger partial charge in [-0.15, -0.1) is 0 Å². The number of hydrogen-bond donors (Lipinski definition) is 0. The van der Waals surface area contributed by atoms with Crippen molar-refractivity contribution in [3.8, 4) is 0 Å². The summed E-state index contributed by atoms with van der Waals surface area (Å²) in [6.45, 7) is 0. The summed E-state index contributed by atoms with van der Waals surface area (Å²) < 4.78 is 9.26. The van der Waals surface area contributed by atoms with Crippen molar-refractivity contribution >= 4 is 17.5 Å². The molecule has 0 saturated heterocycles. The highest BCUT2D eigenvalue weighted by atomic mass is 32.1. The smallest absolute Gasteiger partial charge is 0.317 e. The highest BCUT2D eigenvalue weighted by Gasteiger charge is 2.43. The zero-order valence-corrected chi connectivity index (χ0v) is 9.68. The molecule has 15 heavy (non-hydrogen) atoms. The second-order valence-electron chi connectivity index (χ2n) is 4.02. The first-order chi connectivity index (χ1) is 7.29. The van der Waals surface area contributed by atoms with Gasteiger partial charge < -0.3 is 4.74 Å². The first kappa shape index (κ1) is 10.6. The summed E-state index contributed by atoms with van der Waals surface area (Å²) in [5.41, 5.74) is 0.451. The highest BCUT2D eigenvalue weighted by Crippen LogP contribution is 2.39. The van der Waals surface area contributed by atoms with Crippen LogP contribution in [0.15, 0.2) is 11.4 Å². The molecular formula is C11H15NO2S. The number of hydrogen-bond acceptors (Lipinski definition) is 4. The Morgan fingerprint density at radius 1 is 1.47 bits per heavy atom. The monoisotopic (exact) mass is 225 g/mol. The number of rotatable bonds is 2. The minimum Gasteiger partial charge on any atom is -0.468 e. The second kappa shape index (κ2) is 4.31. The lowest BCUT2D eigenvalue weighted by Gasteiger charge is -2.32. The molecule has 0 N–H and O–H groups in total. The van der Waals surface area contributed by atoms with Crippen molar-refractivity contribution < 1.29 is 9.53 Å². The van der Waals surface area contributed by atoms with Crippen molar-refractivity contribution in [2.24, 2.45) is 0 Å². The molecule has 1 aromatic rings. The Bertz CT molecular complexity index is 328. The second-order valence-corrected chi connectivity index (χ2v) is 4.68. The van der Waals surface area contributed by atoms with Crippen LogP contribution in [-0.4, -0.2) is 17.5 Å². The highest BCUT2D eigenvalue weighted by molar-refractivity contribution is 7.03.